The molecule has 2 aromatic rings. The Morgan fingerprint density at radius 1 is 1.16 bits per heavy atom. The lowest BCUT2D eigenvalue weighted by molar-refractivity contribution is -0.135. The highest BCUT2D eigenvalue weighted by atomic mass is 32.1. The predicted molar refractivity (Wildman–Crippen MR) is 120 cm³/mol. The van der Waals surface area contributed by atoms with E-state index in [1.165, 1.54) is 11.3 Å². The van der Waals surface area contributed by atoms with E-state index in [1.807, 2.05) is 6.92 Å². The molecule has 0 bridgehead atoms. The van der Waals surface area contributed by atoms with Crippen molar-refractivity contribution in [2.24, 2.45) is 0 Å². The molecule has 3 N–H and O–H groups in total. The number of carbonyl (C=O) groups excluding carboxylic acids is 2. The number of hydrogen-bond acceptors (Lipinski definition) is 6. The van der Waals surface area contributed by atoms with Gasteiger partial charge in [0.25, 0.3) is 0 Å². The molecular formula is C21H26F3N3O3S2. The van der Waals surface area contributed by atoms with Crippen LogP contribution in [-0.2, 0) is 30.4 Å². The number of rotatable bonds is 4. The monoisotopic (exact) mass is 489 g/mol. The van der Waals surface area contributed by atoms with E-state index in [0.717, 1.165) is 16.2 Å². The van der Waals surface area contributed by atoms with Gasteiger partial charge in [0.1, 0.15) is 15.5 Å². The number of fused-ring (bicyclic) bond motifs is 1. The maximum Gasteiger partial charge on any atom is 0.425 e. The molecule has 0 unspecified atom stereocenters. The SMILES string of the molecule is Cc1sc(NC(=O)NCc2c(C(F)(F)F)sc3c2CCNC3)c(C(=O)OC(C)(C)C)c1C. The van der Waals surface area contributed by atoms with Crippen LogP contribution in [0, 0.1) is 13.8 Å². The molecule has 3 heterocycles. The van der Waals surface area contributed by atoms with Crippen LogP contribution >= 0.6 is 22.7 Å². The number of carbonyl (C=O) groups is 2. The third-order valence-corrected chi connectivity index (χ3v) is 7.38. The summed E-state index contributed by atoms with van der Waals surface area (Å²) in [6, 6.07) is -0.682. The van der Waals surface area contributed by atoms with Gasteiger partial charge >= 0.3 is 18.2 Å². The first-order chi connectivity index (χ1) is 14.8. The highest BCUT2D eigenvalue weighted by Crippen LogP contribution is 2.42. The normalized spacial score (nSPS) is 14.1. The van der Waals surface area contributed by atoms with E-state index in [-0.39, 0.29) is 17.7 Å². The van der Waals surface area contributed by atoms with Crippen molar-refractivity contribution in [3.8, 4) is 0 Å². The van der Waals surface area contributed by atoms with Crippen LogP contribution in [0.4, 0.5) is 23.0 Å². The van der Waals surface area contributed by atoms with Crippen molar-refractivity contribution in [3.63, 3.8) is 0 Å². The van der Waals surface area contributed by atoms with Crippen molar-refractivity contribution >= 4 is 39.7 Å². The summed E-state index contributed by atoms with van der Waals surface area (Å²) in [5, 5.41) is 8.52. The first-order valence-electron chi connectivity index (χ1n) is 10.1. The van der Waals surface area contributed by atoms with E-state index in [1.54, 1.807) is 27.7 Å². The number of hydrogen-bond donors (Lipinski definition) is 3. The van der Waals surface area contributed by atoms with Gasteiger partial charge in [0.05, 0.1) is 5.56 Å². The number of nitrogens with one attached hydrogen (secondary N) is 3. The molecular weight excluding hydrogens is 463 g/mol. The Bertz CT molecular complexity index is 1040. The zero-order chi connectivity index (χ0) is 23.8. The Labute approximate surface area is 192 Å². The quantitative estimate of drug-likeness (QED) is 0.505. The number of halogens is 3. The van der Waals surface area contributed by atoms with Crippen molar-refractivity contribution in [2.45, 2.75) is 65.9 Å². The standard InChI is InChI=1S/C21H26F3N3O3S2/c1-10-11(2)31-17(15(10)18(28)30-20(3,4)5)27-19(29)26-8-13-12-6-7-25-9-14(12)32-16(13)21(22,23)24/h25H,6-9H2,1-5H3,(H2,26,27,29). The topological polar surface area (TPSA) is 79.5 Å². The highest BCUT2D eigenvalue weighted by Gasteiger charge is 2.38. The van der Waals surface area contributed by atoms with Crippen LogP contribution in [0.2, 0.25) is 0 Å². The molecule has 0 fully saturated rings. The van der Waals surface area contributed by atoms with E-state index in [9.17, 15) is 22.8 Å². The summed E-state index contributed by atoms with van der Waals surface area (Å²) in [5.41, 5.74) is 1.00. The summed E-state index contributed by atoms with van der Waals surface area (Å²) in [7, 11) is 0. The third-order valence-electron chi connectivity index (χ3n) is 4.94. The van der Waals surface area contributed by atoms with Crippen LogP contribution in [0.3, 0.4) is 0 Å². The Hall–Kier alpha value is -2.11. The van der Waals surface area contributed by atoms with Crippen LogP contribution in [0.25, 0.3) is 0 Å². The van der Waals surface area contributed by atoms with Crippen LogP contribution in [0.1, 0.15) is 62.5 Å². The second-order valence-corrected chi connectivity index (χ2v) is 10.9. The molecule has 0 aliphatic carbocycles. The average Bonchev–Trinajstić information content (AvgIpc) is 3.16. The van der Waals surface area contributed by atoms with Gasteiger partial charge in [0.15, 0.2) is 0 Å². The zero-order valence-electron chi connectivity index (χ0n) is 18.5. The van der Waals surface area contributed by atoms with Crippen molar-refractivity contribution in [1.29, 1.82) is 0 Å². The van der Waals surface area contributed by atoms with Gasteiger partial charge in [-0.1, -0.05) is 0 Å². The summed E-state index contributed by atoms with van der Waals surface area (Å²) in [5.74, 6) is -0.562. The number of thiophene rings is 2. The minimum Gasteiger partial charge on any atom is -0.456 e. The van der Waals surface area contributed by atoms with Gasteiger partial charge in [-0.3, -0.25) is 5.32 Å². The maximum atomic E-state index is 13.5. The molecule has 176 valence electrons. The molecule has 32 heavy (non-hydrogen) atoms. The first-order valence-corrected chi connectivity index (χ1v) is 11.7. The molecule has 2 amide bonds. The molecule has 0 aromatic carbocycles. The van der Waals surface area contributed by atoms with Gasteiger partial charge in [0.2, 0.25) is 0 Å². The van der Waals surface area contributed by atoms with Crippen LogP contribution in [-0.4, -0.2) is 24.1 Å². The molecule has 1 aliphatic heterocycles. The van der Waals surface area contributed by atoms with Crippen molar-refractivity contribution in [1.82, 2.24) is 10.6 Å². The minimum atomic E-state index is -4.48. The Kier molecular flexibility index (Phi) is 6.92. The summed E-state index contributed by atoms with van der Waals surface area (Å²) < 4.78 is 46.1. The molecule has 0 atom stereocenters. The number of anilines is 1. The lowest BCUT2D eigenvalue weighted by atomic mass is 10.0. The molecule has 2 aromatic heterocycles. The smallest absolute Gasteiger partial charge is 0.425 e. The van der Waals surface area contributed by atoms with Gasteiger partial charge in [-0.05, 0) is 64.3 Å². The number of ether oxygens (including phenoxy) is 1. The first kappa shape index (κ1) is 24.5. The van der Waals surface area contributed by atoms with Gasteiger partial charge in [-0.15, -0.1) is 22.7 Å². The molecule has 3 rings (SSSR count). The molecule has 0 saturated carbocycles. The van der Waals surface area contributed by atoms with Crippen LogP contribution < -0.4 is 16.0 Å². The molecule has 0 saturated heterocycles. The second-order valence-electron chi connectivity index (χ2n) is 8.53. The van der Waals surface area contributed by atoms with E-state index in [0.29, 0.717) is 40.5 Å². The fourth-order valence-corrected chi connectivity index (χ4v) is 5.67. The lowest BCUT2D eigenvalue weighted by Gasteiger charge is -2.20. The lowest BCUT2D eigenvalue weighted by Crippen LogP contribution is -2.31. The zero-order valence-corrected chi connectivity index (χ0v) is 20.1. The maximum absolute atomic E-state index is 13.5. The second kappa shape index (κ2) is 9.03. The third kappa shape index (κ3) is 5.44. The largest absolute Gasteiger partial charge is 0.456 e. The van der Waals surface area contributed by atoms with Crippen molar-refractivity contribution in [3.05, 3.63) is 36.9 Å². The highest BCUT2D eigenvalue weighted by molar-refractivity contribution is 7.16. The van der Waals surface area contributed by atoms with Gasteiger partial charge in [-0.2, -0.15) is 13.2 Å². The van der Waals surface area contributed by atoms with E-state index in [4.69, 9.17) is 4.74 Å². The van der Waals surface area contributed by atoms with E-state index in [2.05, 4.69) is 16.0 Å². The van der Waals surface area contributed by atoms with Gasteiger partial charge < -0.3 is 15.4 Å². The molecule has 0 radical (unpaired) electrons. The molecule has 0 spiro atoms. The van der Waals surface area contributed by atoms with Crippen LogP contribution in [0.15, 0.2) is 0 Å². The fraction of sp³-hybridized carbons (Fsp3) is 0.524. The number of amides is 2. The van der Waals surface area contributed by atoms with Crippen molar-refractivity contribution in [2.75, 3.05) is 11.9 Å². The molecule has 1 aliphatic rings. The summed E-state index contributed by atoms with van der Waals surface area (Å²) in [6.45, 7) is 9.54. The number of urea groups is 1. The Morgan fingerprint density at radius 2 is 1.84 bits per heavy atom. The molecule has 6 nitrogen and oxygen atoms in total. The molecule has 11 heteroatoms. The predicted octanol–water partition coefficient (Wildman–Crippen LogP) is 5.37. The minimum absolute atomic E-state index is 0.111. The summed E-state index contributed by atoms with van der Waals surface area (Å²) in [4.78, 5) is 26.0. The fourth-order valence-electron chi connectivity index (χ4n) is 3.42. The van der Waals surface area contributed by atoms with Gasteiger partial charge in [-0.25, -0.2) is 9.59 Å². The van der Waals surface area contributed by atoms with Crippen LogP contribution in [0.5, 0.6) is 0 Å². The Balaban J connectivity index is 1.78. The van der Waals surface area contributed by atoms with Crippen molar-refractivity contribution < 1.29 is 27.5 Å². The average molecular weight is 490 g/mol. The Morgan fingerprint density at radius 3 is 2.47 bits per heavy atom. The number of alkyl halides is 3. The summed E-state index contributed by atoms with van der Waals surface area (Å²) in [6.07, 6.45) is -4.01. The van der Waals surface area contributed by atoms with E-state index < -0.39 is 28.7 Å². The van der Waals surface area contributed by atoms with E-state index >= 15 is 0 Å². The van der Waals surface area contributed by atoms with Gasteiger partial charge in [0, 0.05) is 22.8 Å². The summed E-state index contributed by atoms with van der Waals surface area (Å²) >= 11 is 1.94. The number of aryl methyl sites for hydroxylation is 1. The number of esters is 1.